The molecule has 0 radical (unpaired) electrons. The van der Waals surface area contributed by atoms with E-state index in [4.69, 9.17) is 14.2 Å². The highest BCUT2D eigenvalue weighted by atomic mass is 16.6. The molecule has 0 aliphatic rings. The van der Waals surface area contributed by atoms with Crippen LogP contribution in [0.4, 0.5) is 0 Å². The Morgan fingerprint density at radius 3 is 0.831 bits per heavy atom. The van der Waals surface area contributed by atoms with Crippen LogP contribution in [0.1, 0.15) is 291 Å². The van der Waals surface area contributed by atoms with E-state index in [2.05, 4.69) is 34.6 Å². The third-order valence-electron chi connectivity index (χ3n) is 12.0. The SMILES string of the molecule is CCCCCCCCCCCCCC(=O)OC[C@@H](COC(=O)CCCCCCCCCCCCCCCCCCC(C)C)OC(=O)CCCCCCCCCCC(C)C. The van der Waals surface area contributed by atoms with Crippen LogP contribution in [0.25, 0.3) is 0 Å². The van der Waals surface area contributed by atoms with E-state index in [9.17, 15) is 14.4 Å². The first-order valence-corrected chi connectivity index (χ1v) is 26.2. The predicted molar refractivity (Wildman–Crippen MR) is 252 cm³/mol. The normalized spacial score (nSPS) is 12.1. The van der Waals surface area contributed by atoms with Gasteiger partial charge in [-0.25, -0.2) is 0 Å². The molecule has 59 heavy (non-hydrogen) atoms. The summed E-state index contributed by atoms with van der Waals surface area (Å²) >= 11 is 0. The molecular formula is C53H102O6. The van der Waals surface area contributed by atoms with E-state index in [1.807, 2.05) is 0 Å². The van der Waals surface area contributed by atoms with E-state index in [1.54, 1.807) is 0 Å². The number of rotatable bonds is 47. The molecule has 0 saturated heterocycles. The van der Waals surface area contributed by atoms with Crippen LogP contribution in [0.2, 0.25) is 0 Å². The largest absolute Gasteiger partial charge is 0.462 e. The second kappa shape index (κ2) is 45.9. The summed E-state index contributed by atoms with van der Waals surface area (Å²) in [6.07, 6.45) is 46.7. The van der Waals surface area contributed by atoms with Gasteiger partial charge in [-0.15, -0.1) is 0 Å². The molecule has 6 nitrogen and oxygen atoms in total. The molecule has 0 saturated carbocycles. The van der Waals surface area contributed by atoms with Gasteiger partial charge in [0.2, 0.25) is 0 Å². The van der Waals surface area contributed by atoms with Crippen molar-refractivity contribution in [1.82, 2.24) is 0 Å². The summed E-state index contributed by atoms with van der Waals surface area (Å²) in [4.78, 5) is 37.9. The van der Waals surface area contributed by atoms with Crippen LogP contribution in [0.15, 0.2) is 0 Å². The number of carbonyl (C=O) groups is 3. The topological polar surface area (TPSA) is 78.9 Å². The summed E-state index contributed by atoms with van der Waals surface area (Å²) in [7, 11) is 0. The van der Waals surface area contributed by atoms with Gasteiger partial charge in [-0.05, 0) is 31.1 Å². The molecule has 6 heteroatoms. The fraction of sp³-hybridized carbons (Fsp3) is 0.943. The van der Waals surface area contributed by atoms with Crippen molar-refractivity contribution in [3.05, 3.63) is 0 Å². The third kappa shape index (κ3) is 47.3. The highest BCUT2D eigenvalue weighted by molar-refractivity contribution is 5.71. The second-order valence-corrected chi connectivity index (χ2v) is 19.1. The van der Waals surface area contributed by atoms with Crippen LogP contribution in [0.3, 0.4) is 0 Å². The van der Waals surface area contributed by atoms with Crippen molar-refractivity contribution in [2.75, 3.05) is 13.2 Å². The third-order valence-corrected chi connectivity index (χ3v) is 12.0. The molecule has 0 unspecified atom stereocenters. The average Bonchev–Trinajstić information content (AvgIpc) is 3.20. The van der Waals surface area contributed by atoms with Gasteiger partial charge in [0.15, 0.2) is 6.10 Å². The molecule has 0 aromatic rings. The highest BCUT2D eigenvalue weighted by Gasteiger charge is 2.19. The van der Waals surface area contributed by atoms with E-state index < -0.39 is 6.10 Å². The zero-order chi connectivity index (χ0) is 43.3. The minimum atomic E-state index is -0.761. The first kappa shape index (κ1) is 57.4. The fourth-order valence-electron chi connectivity index (χ4n) is 7.99. The number of hydrogen-bond acceptors (Lipinski definition) is 6. The zero-order valence-corrected chi connectivity index (χ0v) is 40.4. The van der Waals surface area contributed by atoms with Crippen LogP contribution in [0, 0.1) is 11.8 Å². The molecule has 0 spiro atoms. The molecule has 0 amide bonds. The van der Waals surface area contributed by atoms with Crippen LogP contribution in [-0.2, 0) is 28.6 Å². The summed E-state index contributed by atoms with van der Waals surface area (Å²) in [6, 6.07) is 0. The van der Waals surface area contributed by atoms with Gasteiger partial charge in [-0.2, -0.15) is 0 Å². The van der Waals surface area contributed by atoms with Gasteiger partial charge in [0, 0.05) is 19.3 Å². The van der Waals surface area contributed by atoms with Crippen molar-refractivity contribution in [3.63, 3.8) is 0 Å². The molecule has 350 valence electrons. The number of hydrogen-bond donors (Lipinski definition) is 0. The number of unbranched alkanes of at least 4 members (excludes halogenated alkanes) is 32. The van der Waals surface area contributed by atoms with Crippen molar-refractivity contribution in [3.8, 4) is 0 Å². The lowest BCUT2D eigenvalue weighted by molar-refractivity contribution is -0.167. The molecule has 0 aromatic heterocycles. The van der Waals surface area contributed by atoms with E-state index in [0.29, 0.717) is 19.3 Å². The number of ether oxygens (including phenoxy) is 3. The van der Waals surface area contributed by atoms with Crippen LogP contribution in [-0.4, -0.2) is 37.2 Å². The standard InChI is InChI=1S/C53H102O6/c1-6-7-8-9-10-11-18-22-28-33-38-43-51(54)57-46-50(59-53(56)45-40-35-30-25-24-27-32-37-42-49(4)5)47-58-52(55)44-39-34-29-23-20-17-15-13-12-14-16-19-21-26-31-36-41-48(2)3/h48-50H,6-47H2,1-5H3/t50-/m0/s1. The van der Waals surface area contributed by atoms with Gasteiger partial charge < -0.3 is 14.2 Å². The Balaban J connectivity index is 4.23. The Labute approximate surface area is 368 Å². The Bertz CT molecular complexity index is 900. The summed E-state index contributed by atoms with van der Waals surface area (Å²) in [5.41, 5.74) is 0. The molecule has 0 bridgehead atoms. The summed E-state index contributed by atoms with van der Waals surface area (Å²) in [6.45, 7) is 11.4. The maximum atomic E-state index is 12.7. The van der Waals surface area contributed by atoms with Gasteiger partial charge in [-0.3, -0.25) is 14.4 Å². The van der Waals surface area contributed by atoms with Gasteiger partial charge in [-0.1, -0.05) is 253 Å². The summed E-state index contributed by atoms with van der Waals surface area (Å²) in [5.74, 6) is 0.796. The zero-order valence-electron chi connectivity index (χ0n) is 40.4. The lowest BCUT2D eigenvalue weighted by atomic mass is 10.0. The van der Waals surface area contributed by atoms with E-state index in [-0.39, 0.29) is 31.1 Å². The van der Waals surface area contributed by atoms with Crippen molar-refractivity contribution in [1.29, 1.82) is 0 Å². The smallest absolute Gasteiger partial charge is 0.306 e. The van der Waals surface area contributed by atoms with E-state index >= 15 is 0 Å². The Kier molecular flexibility index (Phi) is 44.7. The monoisotopic (exact) mass is 835 g/mol. The lowest BCUT2D eigenvalue weighted by Crippen LogP contribution is -2.30. The van der Waals surface area contributed by atoms with Crippen molar-refractivity contribution in [2.24, 2.45) is 11.8 Å². The molecular weight excluding hydrogens is 733 g/mol. The lowest BCUT2D eigenvalue weighted by Gasteiger charge is -2.18. The Hall–Kier alpha value is -1.59. The maximum Gasteiger partial charge on any atom is 0.306 e. The second-order valence-electron chi connectivity index (χ2n) is 19.1. The van der Waals surface area contributed by atoms with Crippen molar-refractivity contribution >= 4 is 17.9 Å². The fourth-order valence-corrected chi connectivity index (χ4v) is 7.99. The summed E-state index contributed by atoms with van der Waals surface area (Å²) < 4.78 is 16.8. The van der Waals surface area contributed by atoms with Crippen molar-refractivity contribution in [2.45, 2.75) is 298 Å². The predicted octanol–water partition coefficient (Wildman–Crippen LogP) is 16.9. The van der Waals surface area contributed by atoms with Gasteiger partial charge >= 0.3 is 17.9 Å². The number of carbonyl (C=O) groups excluding carboxylic acids is 3. The average molecular weight is 835 g/mol. The van der Waals surface area contributed by atoms with Gasteiger partial charge in [0.25, 0.3) is 0 Å². The first-order valence-electron chi connectivity index (χ1n) is 26.2. The molecule has 0 aliphatic heterocycles. The van der Waals surface area contributed by atoms with Crippen molar-refractivity contribution < 1.29 is 28.6 Å². The minimum Gasteiger partial charge on any atom is -0.462 e. The molecule has 0 aromatic carbocycles. The van der Waals surface area contributed by atoms with Gasteiger partial charge in [0.1, 0.15) is 13.2 Å². The molecule has 0 aliphatic carbocycles. The quantitative estimate of drug-likeness (QED) is 0.0345. The molecule has 0 fully saturated rings. The molecule has 0 N–H and O–H groups in total. The number of esters is 3. The van der Waals surface area contributed by atoms with Crippen LogP contribution < -0.4 is 0 Å². The van der Waals surface area contributed by atoms with E-state index in [1.165, 1.54) is 180 Å². The molecule has 1 atom stereocenters. The van der Waals surface area contributed by atoms with E-state index in [0.717, 1.165) is 69.6 Å². The Morgan fingerprint density at radius 2 is 0.559 bits per heavy atom. The molecule has 0 heterocycles. The van der Waals surface area contributed by atoms with Crippen LogP contribution in [0.5, 0.6) is 0 Å². The minimum absolute atomic E-state index is 0.0639. The van der Waals surface area contributed by atoms with Crippen LogP contribution >= 0.6 is 0 Å². The molecule has 0 rings (SSSR count). The Morgan fingerprint density at radius 1 is 0.322 bits per heavy atom. The summed E-state index contributed by atoms with van der Waals surface area (Å²) in [5, 5.41) is 0. The first-order chi connectivity index (χ1) is 28.7. The maximum absolute atomic E-state index is 12.7. The van der Waals surface area contributed by atoms with Gasteiger partial charge in [0.05, 0.1) is 0 Å². The highest BCUT2D eigenvalue weighted by Crippen LogP contribution is 2.17.